The van der Waals surface area contributed by atoms with Gasteiger partial charge in [0, 0.05) is 15.9 Å². The summed E-state index contributed by atoms with van der Waals surface area (Å²) in [5.41, 5.74) is 0.917. The Morgan fingerprint density at radius 1 is 1.17 bits per heavy atom. The number of halogens is 3. The third-order valence-electron chi connectivity index (χ3n) is 2.51. The monoisotopic (exact) mass is 326 g/mol. The Labute approximate surface area is 118 Å². The fraction of sp³-hybridized carbons (Fsp3) is 0.0714. The van der Waals surface area contributed by atoms with Crippen LogP contribution >= 0.6 is 27.5 Å². The van der Waals surface area contributed by atoms with Gasteiger partial charge in [0.25, 0.3) is 0 Å². The number of ketones is 1. The zero-order chi connectivity index (χ0) is 13.1. The van der Waals surface area contributed by atoms with Gasteiger partial charge in [-0.2, -0.15) is 0 Å². The summed E-state index contributed by atoms with van der Waals surface area (Å²) in [5.74, 6) is -0.837. The molecule has 0 aliphatic carbocycles. The minimum atomic E-state index is -0.579. The van der Waals surface area contributed by atoms with Gasteiger partial charge in [0.05, 0.1) is 5.56 Å². The third-order valence-corrected chi connectivity index (χ3v) is 3.27. The van der Waals surface area contributed by atoms with Gasteiger partial charge in [0.2, 0.25) is 0 Å². The fourth-order valence-corrected chi connectivity index (χ4v) is 2.02. The van der Waals surface area contributed by atoms with Crippen molar-refractivity contribution in [3.8, 4) is 0 Å². The van der Waals surface area contributed by atoms with Crippen LogP contribution in [0.1, 0.15) is 15.9 Å². The average molecular weight is 328 g/mol. The van der Waals surface area contributed by atoms with Gasteiger partial charge in [-0.15, -0.1) is 0 Å². The molecule has 0 aliphatic heterocycles. The lowest BCUT2D eigenvalue weighted by Gasteiger charge is -2.03. The van der Waals surface area contributed by atoms with E-state index < -0.39 is 5.82 Å². The largest absolute Gasteiger partial charge is 0.294 e. The van der Waals surface area contributed by atoms with Crippen molar-refractivity contribution in [1.29, 1.82) is 0 Å². The van der Waals surface area contributed by atoms with E-state index in [0.29, 0.717) is 0 Å². The average Bonchev–Trinajstić information content (AvgIpc) is 2.32. The number of benzene rings is 2. The van der Waals surface area contributed by atoms with Gasteiger partial charge >= 0.3 is 0 Å². The molecule has 1 nitrogen and oxygen atoms in total. The van der Waals surface area contributed by atoms with Gasteiger partial charge in [-0.05, 0) is 35.9 Å². The van der Waals surface area contributed by atoms with Gasteiger partial charge in [0.15, 0.2) is 5.78 Å². The van der Waals surface area contributed by atoms with E-state index in [0.717, 1.165) is 16.1 Å². The first-order valence-corrected chi connectivity index (χ1v) is 6.46. The maximum Gasteiger partial charge on any atom is 0.170 e. The second-order valence-corrected chi connectivity index (χ2v) is 5.20. The molecule has 92 valence electrons. The lowest BCUT2D eigenvalue weighted by atomic mass is 10.0. The van der Waals surface area contributed by atoms with E-state index in [9.17, 15) is 9.18 Å². The molecular weight excluding hydrogens is 319 g/mol. The van der Waals surface area contributed by atoms with Crippen LogP contribution in [0.25, 0.3) is 0 Å². The molecule has 0 saturated carbocycles. The minimum absolute atomic E-state index is 0.0716. The molecule has 18 heavy (non-hydrogen) atoms. The molecule has 0 fully saturated rings. The van der Waals surface area contributed by atoms with Crippen molar-refractivity contribution >= 4 is 33.3 Å². The van der Waals surface area contributed by atoms with Crippen LogP contribution in [0.3, 0.4) is 0 Å². The quantitative estimate of drug-likeness (QED) is 0.749. The highest BCUT2D eigenvalue weighted by Gasteiger charge is 2.12. The summed E-state index contributed by atoms with van der Waals surface area (Å²) in [6, 6.07) is 11.4. The molecule has 0 unspecified atom stereocenters. The van der Waals surface area contributed by atoms with Crippen LogP contribution in [0.4, 0.5) is 4.39 Å². The lowest BCUT2D eigenvalue weighted by molar-refractivity contribution is 0.0989. The zero-order valence-corrected chi connectivity index (χ0v) is 11.6. The summed E-state index contributed by atoms with van der Waals surface area (Å²) in [4.78, 5) is 11.9. The van der Waals surface area contributed by atoms with Crippen LogP contribution in [0, 0.1) is 5.82 Å². The van der Waals surface area contributed by atoms with Crippen molar-refractivity contribution in [2.75, 3.05) is 0 Å². The Bertz CT molecular complexity index is 581. The standard InChI is InChI=1S/C14H9BrClFO/c15-10-3-1-9(2-4-10)7-14(18)12-6-5-11(16)8-13(12)17/h1-6,8H,7H2. The topological polar surface area (TPSA) is 17.1 Å². The van der Waals surface area contributed by atoms with Crippen LogP contribution in [0.15, 0.2) is 46.9 Å². The molecule has 2 aromatic rings. The van der Waals surface area contributed by atoms with E-state index in [1.165, 1.54) is 12.1 Å². The Hall–Kier alpha value is -1.19. The zero-order valence-electron chi connectivity index (χ0n) is 9.29. The first-order valence-electron chi connectivity index (χ1n) is 5.29. The highest BCUT2D eigenvalue weighted by Crippen LogP contribution is 2.17. The van der Waals surface area contributed by atoms with E-state index in [2.05, 4.69) is 15.9 Å². The molecule has 0 N–H and O–H groups in total. The van der Waals surface area contributed by atoms with Crippen molar-refractivity contribution in [1.82, 2.24) is 0 Å². The molecule has 0 aromatic heterocycles. The number of rotatable bonds is 3. The van der Waals surface area contributed by atoms with E-state index >= 15 is 0 Å². The second kappa shape index (κ2) is 5.63. The Morgan fingerprint density at radius 2 is 1.83 bits per heavy atom. The summed E-state index contributed by atoms with van der Waals surface area (Å²) in [6.45, 7) is 0. The highest BCUT2D eigenvalue weighted by molar-refractivity contribution is 9.10. The predicted molar refractivity (Wildman–Crippen MR) is 73.6 cm³/mol. The van der Waals surface area contributed by atoms with Gasteiger partial charge in [-0.25, -0.2) is 4.39 Å². The Balaban J connectivity index is 2.19. The number of hydrogen-bond acceptors (Lipinski definition) is 1. The van der Waals surface area contributed by atoms with Gasteiger partial charge < -0.3 is 0 Å². The van der Waals surface area contributed by atoms with E-state index in [4.69, 9.17) is 11.6 Å². The molecule has 0 aliphatic rings. The molecule has 0 amide bonds. The van der Waals surface area contributed by atoms with Gasteiger partial charge in [-0.1, -0.05) is 39.7 Å². The highest BCUT2D eigenvalue weighted by atomic mass is 79.9. The van der Waals surface area contributed by atoms with Gasteiger partial charge in [0.1, 0.15) is 5.82 Å². The van der Waals surface area contributed by atoms with Crippen LogP contribution in [-0.2, 0) is 6.42 Å². The molecule has 2 rings (SSSR count). The number of Topliss-reactive ketones (excluding diaryl/α,β-unsaturated/α-hetero) is 1. The smallest absolute Gasteiger partial charge is 0.170 e. The minimum Gasteiger partial charge on any atom is -0.294 e. The lowest BCUT2D eigenvalue weighted by Crippen LogP contribution is -2.06. The molecule has 0 saturated heterocycles. The Kier molecular flexibility index (Phi) is 4.15. The summed E-state index contributed by atoms with van der Waals surface area (Å²) in [6.07, 6.45) is 0.172. The SMILES string of the molecule is O=C(Cc1ccc(Br)cc1)c1ccc(Cl)cc1F. The first kappa shape index (κ1) is 13.2. The van der Waals surface area contributed by atoms with Crippen molar-refractivity contribution in [2.24, 2.45) is 0 Å². The maximum absolute atomic E-state index is 13.6. The number of carbonyl (C=O) groups excluding carboxylic acids is 1. The molecule has 0 heterocycles. The van der Waals surface area contributed by atoms with Crippen LogP contribution < -0.4 is 0 Å². The predicted octanol–water partition coefficient (Wildman–Crippen LogP) is 4.67. The molecule has 0 bridgehead atoms. The maximum atomic E-state index is 13.6. The third kappa shape index (κ3) is 3.18. The van der Waals surface area contributed by atoms with Crippen molar-refractivity contribution in [2.45, 2.75) is 6.42 Å². The summed E-state index contributed by atoms with van der Waals surface area (Å²) < 4.78 is 14.5. The first-order chi connectivity index (χ1) is 8.56. The van der Waals surface area contributed by atoms with Crippen LogP contribution in [0.5, 0.6) is 0 Å². The van der Waals surface area contributed by atoms with Crippen molar-refractivity contribution in [3.63, 3.8) is 0 Å². The molecule has 2 aromatic carbocycles. The van der Waals surface area contributed by atoms with E-state index in [1.807, 2.05) is 24.3 Å². The normalized spacial score (nSPS) is 10.4. The fourth-order valence-electron chi connectivity index (χ4n) is 1.60. The van der Waals surface area contributed by atoms with Crippen molar-refractivity contribution in [3.05, 3.63) is 68.9 Å². The van der Waals surface area contributed by atoms with E-state index in [1.54, 1.807) is 0 Å². The molecular formula is C14H9BrClFO. The van der Waals surface area contributed by atoms with Crippen molar-refractivity contribution < 1.29 is 9.18 Å². The number of carbonyl (C=O) groups is 1. The molecule has 4 heteroatoms. The number of hydrogen-bond donors (Lipinski definition) is 0. The van der Waals surface area contributed by atoms with Crippen LogP contribution in [-0.4, -0.2) is 5.78 Å². The second-order valence-electron chi connectivity index (χ2n) is 3.85. The molecule has 0 spiro atoms. The van der Waals surface area contributed by atoms with Gasteiger partial charge in [-0.3, -0.25) is 4.79 Å². The Morgan fingerprint density at radius 3 is 2.44 bits per heavy atom. The molecule has 0 atom stereocenters. The van der Waals surface area contributed by atoms with Crippen LogP contribution in [0.2, 0.25) is 5.02 Å². The summed E-state index contributed by atoms with van der Waals surface area (Å²) in [7, 11) is 0. The molecule has 0 radical (unpaired) electrons. The van der Waals surface area contributed by atoms with E-state index in [-0.39, 0.29) is 22.8 Å². The summed E-state index contributed by atoms with van der Waals surface area (Å²) in [5, 5.41) is 0.285. The summed E-state index contributed by atoms with van der Waals surface area (Å²) >= 11 is 8.96.